The van der Waals surface area contributed by atoms with E-state index >= 15 is 0 Å². The molecule has 1 unspecified atom stereocenters. The molecule has 114 valence electrons. The number of hydrogen-bond donors (Lipinski definition) is 1. The van der Waals surface area contributed by atoms with Crippen molar-refractivity contribution in [1.29, 1.82) is 0 Å². The van der Waals surface area contributed by atoms with E-state index in [2.05, 4.69) is 5.32 Å². The predicted molar refractivity (Wildman–Crippen MR) is 84.3 cm³/mol. The zero-order valence-electron chi connectivity index (χ0n) is 12.1. The SMILES string of the molecule is CC1C(=O)NCCN1C(=O)c1cc(-n2cccc2)ccc1Cl. The number of carbonyl (C=O) groups excluding carboxylic acids is 2. The van der Waals surface area contributed by atoms with Crippen LogP contribution in [-0.2, 0) is 4.79 Å². The fraction of sp³-hybridized carbons (Fsp3) is 0.250. The highest BCUT2D eigenvalue weighted by atomic mass is 35.5. The summed E-state index contributed by atoms with van der Waals surface area (Å²) in [6.45, 7) is 2.66. The third-order valence-electron chi connectivity index (χ3n) is 3.84. The van der Waals surface area contributed by atoms with Crippen LogP contribution in [0.4, 0.5) is 0 Å². The summed E-state index contributed by atoms with van der Waals surface area (Å²) in [5.74, 6) is -0.362. The molecule has 2 amide bonds. The van der Waals surface area contributed by atoms with Gasteiger partial charge in [0.15, 0.2) is 0 Å². The van der Waals surface area contributed by atoms with Gasteiger partial charge in [-0.05, 0) is 37.3 Å². The average molecular weight is 318 g/mol. The molecule has 0 radical (unpaired) electrons. The molecule has 0 saturated carbocycles. The van der Waals surface area contributed by atoms with Crippen LogP contribution < -0.4 is 5.32 Å². The first-order valence-electron chi connectivity index (χ1n) is 7.09. The van der Waals surface area contributed by atoms with E-state index < -0.39 is 6.04 Å². The molecule has 1 aliphatic heterocycles. The Hall–Kier alpha value is -2.27. The number of halogens is 1. The van der Waals surface area contributed by atoms with E-state index in [1.165, 1.54) is 0 Å². The molecule has 6 heteroatoms. The lowest BCUT2D eigenvalue weighted by Gasteiger charge is -2.33. The number of amides is 2. The lowest BCUT2D eigenvalue weighted by molar-refractivity contribution is -0.127. The van der Waals surface area contributed by atoms with E-state index in [0.29, 0.717) is 23.7 Å². The molecule has 0 bridgehead atoms. The molecule has 22 heavy (non-hydrogen) atoms. The Morgan fingerprint density at radius 2 is 2.05 bits per heavy atom. The second-order valence-electron chi connectivity index (χ2n) is 5.22. The van der Waals surface area contributed by atoms with Crippen molar-refractivity contribution in [2.45, 2.75) is 13.0 Å². The monoisotopic (exact) mass is 317 g/mol. The maximum atomic E-state index is 12.8. The number of carbonyl (C=O) groups is 2. The average Bonchev–Trinajstić information content (AvgIpc) is 3.04. The van der Waals surface area contributed by atoms with Gasteiger partial charge in [-0.2, -0.15) is 0 Å². The van der Waals surface area contributed by atoms with Crippen LogP contribution in [-0.4, -0.2) is 40.4 Å². The van der Waals surface area contributed by atoms with Crippen molar-refractivity contribution in [3.05, 3.63) is 53.3 Å². The Kier molecular flexibility index (Phi) is 3.90. The van der Waals surface area contributed by atoms with Crippen LogP contribution in [0.5, 0.6) is 0 Å². The van der Waals surface area contributed by atoms with Crippen LogP contribution in [0.3, 0.4) is 0 Å². The van der Waals surface area contributed by atoms with Crippen molar-refractivity contribution >= 4 is 23.4 Å². The molecule has 0 spiro atoms. The van der Waals surface area contributed by atoms with Crippen molar-refractivity contribution < 1.29 is 9.59 Å². The minimum atomic E-state index is -0.493. The number of hydrogen-bond acceptors (Lipinski definition) is 2. The molecule has 1 aliphatic rings. The summed E-state index contributed by atoms with van der Waals surface area (Å²) in [4.78, 5) is 26.0. The highest BCUT2D eigenvalue weighted by Gasteiger charge is 2.30. The Labute approximate surface area is 133 Å². The van der Waals surface area contributed by atoms with Crippen molar-refractivity contribution in [2.75, 3.05) is 13.1 Å². The second-order valence-corrected chi connectivity index (χ2v) is 5.63. The normalized spacial score (nSPS) is 18.2. The van der Waals surface area contributed by atoms with Crippen molar-refractivity contribution in [1.82, 2.24) is 14.8 Å². The first-order chi connectivity index (χ1) is 10.6. The Balaban J connectivity index is 1.95. The Morgan fingerprint density at radius 1 is 1.32 bits per heavy atom. The quantitative estimate of drug-likeness (QED) is 0.922. The maximum Gasteiger partial charge on any atom is 0.256 e. The van der Waals surface area contributed by atoms with Gasteiger partial charge >= 0.3 is 0 Å². The molecule has 1 saturated heterocycles. The van der Waals surface area contributed by atoms with Gasteiger partial charge in [0.1, 0.15) is 6.04 Å². The number of benzene rings is 1. The van der Waals surface area contributed by atoms with E-state index in [1.54, 1.807) is 24.0 Å². The number of aromatic nitrogens is 1. The molecule has 1 fully saturated rings. The number of piperazine rings is 1. The standard InChI is InChI=1S/C16H16ClN3O2/c1-11-15(21)18-6-9-20(11)16(22)13-10-12(4-5-14(13)17)19-7-2-3-8-19/h2-5,7-8,10-11H,6,9H2,1H3,(H,18,21). The fourth-order valence-corrected chi connectivity index (χ4v) is 2.76. The molecule has 2 aromatic rings. The Bertz CT molecular complexity index is 712. The third kappa shape index (κ3) is 2.60. The van der Waals surface area contributed by atoms with Gasteiger partial charge in [0, 0.05) is 31.2 Å². The number of nitrogens with one attached hydrogen (secondary N) is 1. The number of nitrogens with zero attached hydrogens (tertiary/aromatic N) is 2. The molecule has 2 heterocycles. The topological polar surface area (TPSA) is 54.3 Å². The van der Waals surface area contributed by atoms with Gasteiger partial charge in [0.2, 0.25) is 5.91 Å². The molecule has 1 aromatic heterocycles. The number of rotatable bonds is 2. The lowest BCUT2D eigenvalue weighted by atomic mass is 10.1. The molecular formula is C16H16ClN3O2. The maximum absolute atomic E-state index is 12.8. The highest BCUT2D eigenvalue weighted by Crippen LogP contribution is 2.23. The van der Waals surface area contributed by atoms with Gasteiger partial charge in [-0.3, -0.25) is 9.59 Å². The van der Waals surface area contributed by atoms with Gasteiger partial charge < -0.3 is 14.8 Å². The molecular weight excluding hydrogens is 302 g/mol. The molecule has 3 rings (SSSR count). The minimum Gasteiger partial charge on any atom is -0.353 e. The van der Waals surface area contributed by atoms with E-state index in [-0.39, 0.29) is 11.8 Å². The molecule has 1 N–H and O–H groups in total. The highest BCUT2D eigenvalue weighted by molar-refractivity contribution is 6.34. The van der Waals surface area contributed by atoms with Crippen LogP contribution >= 0.6 is 11.6 Å². The summed E-state index contributed by atoms with van der Waals surface area (Å²) in [6.07, 6.45) is 3.79. The zero-order chi connectivity index (χ0) is 15.7. The summed E-state index contributed by atoms with van der Waals surface area (Å²) < 4.78 is 1.90. The Morgan fingerprint density at radius 3 is 2.77 bits per heavy atom. The summed E-state index contributed by atoms with van der Waals surface area (Å²) in [5, 5.41) is 3.13. The molecule has 5 nitrogen and oxygen atoms in total. The zero-order valence-corrected chi connectivity index (χ0v) is 12.9. The van der Waals surface area contributed by atoms with Crippen LogP contribution in [0.25, 0.3) is 5.69 Å². The molecule has 0 aliphatic carbocycles. The van der Waals surface area contributed by atoms with Crippen molar-refractivity contribution in [3.63, 3.8) is 0 Å². The molecule has 1 aromatic carbocycles. The van der Waals surface area contributed by atoms with Crippen LogP contribution in [0, 0.1) is 0 Å². The smallest absolute Gasteiger partial charge is 0.256 e. The van der Waals surface area contributed by atoms with Crippen LogP contribution in [0.15, 0.2) is 42.7 Å². The molecule has 1 atom stereocenters. The first-order valence-corrected chi connectivity index (χ1v) is 7.47. The summed E-state index contributed by atoms with van der Waals surface area (Å²) >= 11 is 6.20. The van der Waals surface area contributed by atoms with Gasteiger partial charge in [-0.15, -0.1) is 0 Å². The fourth-order valence-electron chi connectivity index (χ4n) is 2.56. The van der Waals surface area contributed by atoms with Gasteiger partial charge in [-0.1, -0.05) is 11.6 Å². The van der Waals surface area contributed by atoms with Gasteiger partial charge in [0.25, 0.3) is 5.91 Å². The van der Waals surface area contributed by atoms with Crippen molar-refractivity contribution in [2.24, 2.45) is 0 Å². The first kappa shape index (κ1) is 14.7. The largest absolute Gasteiger partial charge is 0.353 e. The van der Waals surface area contributed by atoms with E-state index in [9.17, 15) is 9.59 Å². The third-order valence-corrected chi connectivity index (χ3v) is 4.17. The second kappa shape index (κ2) is 5.85. The lowest BCUT2D eigenvalue weighted by Crippen LogP contribution is -2.55. The minimum absolute atomic E-state index is 0.141. The van der Waals surface area contributed by atoms with E-state index in [0.717, 1.165) is 5.69 Å². The van der Waals surface area contributed by atoms with Crippen molar-refractivity contribution in [3.8, 4) is 5.69 Å². The van der Waals surface area contributed by atoms with Gasteiger partial charge in [0.05, 0.1) is 10.6 Å². The van der Waals surface area contributed by atoms with Crippen LogP contribution in [0.2, 0.25) is 5.02 Å². The van der Waals surface area contributed by atoms with Crippen LogP contribution in [0.1, 0.15) is 17.3 Å². The van der Waals surface area contributed by atoms with E-state index in [4.69, 9.17) is 11.6 Å². The summed E-state index contributed by atoms with van der Waals surface area (Å²) in [7, 11) is 0. The summed E-state index contributed by atoms with van der Waals surface area (Å²) in [5.41, 5.74) is 1.27. The van der Waals surface area contributed by atoms with E-state index in [1.807, 2.05) is 35.2 Å². The predicted octanol–water partition coefficient (Wildman–Crippen LogP) is 2.09. The summed E-state index contributed by atoms with van der Waals surface area (Å²) in [6, 6.07) is 8.64. The van der Waals surface area contributed by atoms with Gasteiger partial charge in [-0.25, -0.2) is 0 Å².